The summed E-state index contributed by atoms with van der Waals surface area (Å²) < 4.78 is 26.8. The summed E-state index contributed by atoms with van der Waals surface area (Å²) in [5.74, 6) is -1.55. The van der Waals surface area contributed by atoms with Gasteiger partial charge in [-0.3, -0.25) is 9.59 Å². The molecule has 0 spiro atoms. The van der Waals surface area contributed by atoms with Crippen molar-refractivity contribution in [3.8, 4) is 0 Å². The Morgan fingerprint density at radius 2 is 1.80 bits per heavy atom. The van der Waals surface area contributed by atoms with Crippen molar-refractivity contribution in [2.24, 2.45) is 0 Å². The average molecular weight is 427 g/mol. The van der Waals surface area contributed by atoms with E-state index in [4.69, 9.17) is 11.6 Å². The van der Waals surface area contributed by atoms with Crippen LogP contribution in [0.4, 0.5) is 14.5 Å². The maximum atomic E-state index is 13.4. The van der Waals surface area contributed by atoms with Gasteiger partial charge in [0.05, 0.1) is 17.5 Å². The van der Waals surface area contributed by atoms with Gasteiger partial charge in [-0.2, -0.15) is 0 Å². The molecule has 1 aliphatic rings. The summed E-state index contributed by atoms with van der Waals surface area (Å²) >= 11 is 5.77. The molecule has 152 valence electrons. The molecule has 0 radical (unpaired) electrons. The highest BCUT2D eigenvalue weighted by molar-refractivity contribution is 6.31. The molecular weight excluding hydrogens is 410 g/mol. The van der Waals surface area contributed by atoms with E-state index in [-0.39, 0.29) is 23.3 Å². The number of anilines is 1. The quantitative estimate of drug-likeness (QED) is 0.598. The first kappa shape index (κ1) is 20.0. The molecule has 1 N–H and O–H groups in total. The Labute approximate surface area is 177 Å². The summed E-state index contributed by atoms with van der Waals surface area (Å²) in [6.45, 7) is 0.354. The molecule has 30 heavy (non-hydrogen) atoms. The summed E-state index contributed by atoms with van der Waals surface area (Å²) in [5, 5.41) is 2.58. The predicted molar refractivity (Wildman–Crippen MR) is 110 cm³/mol. The van der Waals surface area contributed by atoms with E-state index in [2.05, 4.69) is 5.32 Å². The van der Waals surface area contributed by atoms with Crippen molar-refractivity contribution in [2.75, 3.05) is 5.32 Å². The van der Waals surface area contributed by atoms with Gasteiger partial charge in [-0.05, 0) is 47.5 Å². The minimum Gasteiger partial charge on any atom is -0.327 e. The predicted octanol–water partition coefficient (Wildman–Crippen LogP) is 5.34. The molecule has 0 aliphatic carbocycles. The van der Waals surface area contributed by atoms with Gasteiger partial charge in [0.15, 0.2) is 0 Å². The maximum Gasteiger partial charge on any atom is 0.255 e. The summed E-state index contributed by atoms with van der Waals surface area (Å²) in [7, 11) is 0. The van der Waals surface area contributed by atoms with Crippen LogP contribution in [0.25, 0.3) is 0 Å². The number of rotatable bonds is 5. The molecule has 1 aliphatic heterocycles. The van der Waals surface area contributed by atoms with Crippen molar-refractivity contribution < 1.29 is 18.4 Å². The van der Waals surface area contributed by atoms with Crippen LogP contribution in [0.2, 0.25) is 5.02 Å². The molecule has 7 heteroatoms. The van der Waals surface area contributed by atoms with Gasteiger partial charge >= 0.3 is 0 Å². The van der Waals surface area contributed by atoms with Crippen molar-refractivity contribution in [2.45, 2.75) is 19.0 Å². The summed E-state index contributed by atoms with van der Waals surface area (Å²) in [5.41, 5.74) is 2.46. The molecule has 3 aromatic carbocycles. The van der Waals surface area contributed by atoms with Crippen LogP contribution < -0.4 is 5.32 Å². The Morgan fingerprint density at radius 1 is 1.07 bits per heavy atom. The van der Waals surface area contributed by atoms with Crippen LogP contribution in [0, 0.1) is 11.6 Å². The molecule has 0 fully saturated rings. The molecule has 1 atom stereocenters. The Kier molecular flexibility index (Phi) is 5.50. The molecule has 4 rings (SSSR count). The second kappa shape index (κ2) is 8.24. The van der Waals surface area contributed by atoms with E-state index in [1.807, 2.05) is 12.1 Å². The largest absolute Gasteiger partial charge is 0.327 e. The first-order chi connectivity index (χ1) is 14.4. The van der Waals surface area contributed by atoms with Gasteiger partial charge in [0.2, 0.25) is 5.91 Å². The van der Waals surface area contributed by atoms with Crippen LogP contribution >= 0.6 is 11.6 Å². The fraction of sp³-hybridized carbons (Fsp3) is 0.130. The minimum atomic E-state index is -0.596. The fourth-order valence-corrected chi connectivity index (χ4v) is 3.76. The number of hydrogen-bond donors (Lipinski definition) is 1. The third-order valence-electron chi connectivity index (χ3n) is 5.06. The molecule has 4 nitrogen and oxygen atoms in total. The zero-order valence-corrected chi connectivity index (χ0v) is 16.5. The lowest BCUT2D eigenvalue weighted by molar-refractivity contribution is -0.117. The zero-order chi connectivity index (χ0) is 21.3. The smallest absolute Gasteiger partial charge is 0.255 e. The van der Waals surface area contributed by atoms with E-state index >= 15 is 0 Å². The standard InChI is InChI=1S/C23H17ClF2N2O2/c24-19-11-17(9-10-20(19)26)27-22(29)12-21(14-5-7-16(25)8-6-14)28-13-15-3-1-2-4-18(15)23(28)30/h1-11,21H,12-13H2,(H,27,29)/t21-/m0/s1. The van der Waals surface area contributed by atoms with Crippen LogP contribution in [0.5, 0.6) is 0 Å². The van der Waals surface area contributed by atoms with Gasteiger partial charge in [-0.15, -0.1) is 0 Å². The minimum absolute atomic E-state index is 0.0552. The SMILES string of the molecule is O=C(C[C@@H](c1ccc(F)cc1)N1Cc2ccccc2C1=O)Nc1ccc(F)c(Cl)c1. The van der Waals surface area contributed by atoms with E-state index in [1.165, 1.54) is 24.3 Å². The Balaban J connectivity index is 1.60. The van der Waals surface area contributed by atoms with E-state index in [1.54, 1.807) is 29.2 Å². The monoisotopic (exact) mass is 426 g/mol. The number of amides is 2. The highest BCUT2D eigenvalue weighted by Crippen LogP contribution is 2.34. The number of nitrogens with one attached hydrogen (secondary N) is 1. The zero-order valence-electron chi connectivity index (χ0n) is 15.7. The third-order valence-corrected chi connectivity index (χ3v) is 5.35. The van der Waals surface area contributed by atoms with Crippen molar-refractivity contribution >= 4 is 29.1 Å². The number of fused-ring (bicyclic) bond motifs is 1. The summed E-state index contributed by atoms with van der Waals surface area (Å²) in [6.07, 6.45) is -0.0552. The van der Waals surface area contributed by atoms with Crippen LogP contribution in [-0.2, 0) is 11.3 Å². The van der Waals surface area contributed by atoms with Gasteiger partial charge < -0.3 is 10.2 Å². The highest BCUT2D eigenvalue weighted by atomic mass is 35.5. The second-order valence-corrected chi connectivity index (χ2v) is 7.45. The first-order valence-electron chi connectivity index (χ1n) is 9.31. The fourth-order valence-electron chi connectivity index (χ4n) is 3.58. The Morgan fingerprint density at radius 3 is 2.50 bits per heavy atom. The summed E-state index contributed by atoms with van der Waals surface area (Å²) in [6, 6.07) is 16.3. The topological polar surface area (TPSA) is 49.4 Å². The van der Waals surface area contributed by atoms with Crippen molar-refractivity contribution in [3.63, 3.8) is 0 Å². The maximum absolute atomic E-state index is 13.4. The van der Waals surface area contributed by atoms with Gasteiger partial charge in [0, 0.05) is 17.8 Å². The normalized spacial score (nSPS) is 13.8. The van der Waals surface area contributed by atoms with Crippen molar-refractivity contribution in [1.29, 1.82) is 0 Å². The van der Waals surface area contributed by atoms with Crippen LogP contribution in [-0.4, -0.2) is 16.7 Å². The molecule has 1 heterocycles. The lowest BCUT2D eigenvalue weighted by Gasteiger charge is -2.28. The number of nitrogens with zero attached hydrogens (tertiary/aromatic N) is 1. The van der Waals surface area contributed by atoms with Crippen LogP contribution in [0.15, 0.2) is 66.7 Å². The van der Waals surface area contributed by atoms with Crippen molar-refractivity contribution in [1.82, 2.24) is 4.90 Å². The first-order valence-corrected chi connectivity index (χ1v) is 9.69. The molecule has 0 saturated heterocycles. The molecule has 2 amide bonds. The lowest BCUT2D eigenvalue weighted by Crippen LogP contribution is -2.32. The van der Waals surface area contributed by atoms with Gasteiger partial charge in [0.25, 0.3) is 5.91 Å². The third kappa shape index (κ3) is 4.04. The van der Waals surface area contributed by atoms with E-state index in [9.17, 15) is 18.4 Å². The average Bonchev–Trinajstić information content (AvgIpc) is 3.06. The van der Waals surface area contributed by atoms with E-state index < -0.39 is 17.7 Å². The second-order valence-electron chi connectivity index (χ2n) is 7.04. The molecule has 0 bridgehead atoms. The highest BCUT2D eigenvalue weighted by Gasteiger charge is 2.34. The van der Waals surface area contributed by atoms with Gasteiger partial charge in [-0.1, -0.05) is 41.9 Å². The molecule has 0 unspecified atom stereocenters. The van der Waals surface area contributed by atoms with Crippen LogP contribution in [0.3, 0.4) is 0 Å². The summed E-state index contributed by atoms with van der Waals surface area (Å²) in [4.78, 5) is 27.3. The molecular formula is C23H17ClF2N2O2. The number of halogens is 3. The van der Waals surface area contributed by atoms with Gasteiger partial charge in [0.1, 0.15) is 11.6 Å². The molecule has 0 aromatic heterocycles. The number of carbonyl (C=O) groups excluding carboxylic acids is 2. The van der Waals surface area contributed by atoms with Crippen LogP contribution in [0.1, 0.15) is 33.9 Å². The number of hydrogen-bond acceptors (Lipinski definition) is 2. The van der Waals surface area contributed by atoms with Gasteiger partial charge in [-0.25, -0.2) is 8.78 Å². The van der Waals surface area contributed by atoms with Crippen molar-refractivity contribution in [3.05, 3.63) is 100 Å². The lowest BCUT2D eigenvalue weighted by atomic mass is 10.0. The number of benzene rings is 3. The van der Waals surface area contributed by atoms with E-state index in [0.29, 0.717) is 23.4 Å². The Hall–Kier alpha value is -3.25. The van der Waals surface area contributed by atoms with E-state index in [0.717, 1.165) is 11.6 Å². The molecule has 0 saturated carbocycles. The number of carbonyl (C=O) groups is 2. The molecule has 3 aromatic rings. The Bertz CT molecular complexity index is 1120.